The van der Waals surface area contributed by atoms with Crippen LogP contribution in [0.4, 0.5) is 11.4 Å². The Balaban J connectivity index is 2.72. The maximum absolute atomic E-state index is 10.6. The van der Waals surface area contributed by atoms with Gasteiger partial charge in [0.2, 0.25) is 5.91 Å². The Morgan fingerprint density at radius 2 is 2.15 bits per heavy atom. The number of hydrogen-bond acceptors (Lipinski definition) is 3. The van der Waals surface area contributed by atoms with Crippen LogP contribution in [0, 0.1) is 6.92 Å². The second kappa shape index (κ2) is 3.80. The number of benzene rings is 1. The molecule has 0 bridgehead atoms. The molecule has 4 N–H and O–H groups in total. The molecule has 0 aliphatic rings. The van der Waals surface area contributed by atoms with E-state index in [1.807, 2.05) is 25.1 Å². The molecule has 0 spiro atoms. The van der Waals surface area contributed by atoms with E-state index < -0.39 is 0 Å². The highest BCUT2D eigenvalue weighted by Crippen LogP contribution is 2.17. The van der Waals surface area contributed by atoms with Gasteiger partial charge in [-0.3, -0.25) is 15.6 Å². The summed E-state index contributed by atoms with van der Waals surface area (Å²) in [6.45, 7) is 3.38. The van der Waals surface area contributed by atoms with Gasteiger partial charge in [0.15, 0.2) is 0 Å². The third-order valence-corrected chi connectivity index (χ3v) is 1.58. The van der Waals surface area contributed by atoms with E-state index in [1.54, 1.807) is 0 Å². The van der Waals surface area contributed by atoms with Gasteiger partial charge in [0.1, 0.15) is 0 Å². The van der Waals surface area contributed by atoms with Crippen LogP contribution in [0.25, 0.3) is 0 Å². The average Bonchev–Trinajstić information content (AvgIpc) is 2.02. The molecule has 13 heavy (non-hydrogen) atoms. The van der Waals surface area contributed by atoms with Crippen LogP contribution in [-0.2, 0) is 4.79 Å². The molecule has 1 aromatic rings. The van der Waals surface area contributed by atoms with E-state index in [-0.39, 0.29) is 5.91 Å². The van der Waals surface area contributed by atoms with Crippen molar-refractivity contribution in [2.45, 2.75) is 13.8 Å². The van der Waals surface area contributed by atoms with Gasteiger partial charge in [0.25, 0.3) is 0 Å². The fourth-order valence-electron chi connectivity index (χ4n) is 0.951. The maximum Gasteiger partial charge on any atom is 0.235 e. The predicted molar refractivity (Wildman–Crippen MR) is 53.0 cm³/mol. The summed E-state index contributed by atoms with van der Waals surface area (Å²) in [6.07, 6.45) is 0. The largest absolute Gasteiger partial charge is 0.397 e. The first kappa shape index (κ1) is 9.38. The predicted octanol–water partition coefficient (Wildman–Crippen LogP) is 1.04. The Hall–Kier alpha value is -1.71. The van der Waals surface area contributed by atoms with Gasteiger partial charge in [-0.2, -0.15) is 0 Å². The smallest absolute Gasteiger partial charge is 0.235 e. The SMILES string of the molecule is CC(=O)NNc1ccc(C)cc1N. The molecular weight excluding hydrogens is 166 g/mol. The highest BCUT2D eigenvalue weighted by Gasteiger charge is 1.98. The average molecular weight is 179 g/mol. The van der Waals surface area contributed by atoms with Gasteiger partial charge < -0.3 is 5.73 Å². The van der Waals surface area contributed by atoms with Crippen molar-refractivity contribution in [1.29, 1.82) is 0 Å². The molecule has 1 aromatic carbocycles. The monoisotopic (exact) mass is 179 g/mol. The molecule has 4 heteroatoms. The Bertz CT molecular complexity index is 323. The molecule has 1 rings (SSSR count). The number of amides is 1. The van der Waals surface area contributed by atoms with Crippen LogP contribution in [0.15, 0.2) is 18.2 Å². The van der Waals surface area contributed by atoms with E-state index >= 15 is 0 Å². The van der Waals surface area contributed by atoms with Crippen molar-refractivity contribution in [3.8, 4) is 0 Å². The molecule has 0 aliphatic heterocycles. The number of carbonyl (C=O) groups is 1. The van der Waals surface area contributed by atoms with Crippen LogP contribution in [0.2, 0.25) is 0 Å². The van der Waals surface area contributed by atoms with Crippen LogP contribution in [0.1, 0.15) is 12.5 Å². The van der Waals surface area contributed by atoms with Gasteiger partial charge in [-0.15, -0.1) is 0 Å². The highest BCUT2D eigenvalue weighted by atomic mass is 16.2. The van der Waals surface area contributed by atoms with Crippen molar-refractivity contribution in [1.82, 2.24) is 5.43 Å². The van der Waals surface area contributed by atoms with Gasteiger partial charge in [-0.25, -0.2) is 0 Å². The molecule has 0 atom stereocenters. The number of anilines is 2. The van der Waals surface area contributed by atoms with Crippen LogP contribution >= 0.6 is 0 Å². The van der Waals surface area contributed by atoms with Gasteiger partial charge in [-0.05, 0) is 24.6 Å². The fourth-order valence-corrected chi connectivity index (χ4v) is 0.951. The Morgan fingerprint density at radius 3 is 2.69 bits per heavy atom. The summed E-state index contributed by atoms with van der Waals surface area (Å²) in [5, 5.41) is 0. The van der Waals surface area contributed by atoms with E-state index in [4.69, 9.17) is 5.73 Å². The minimum absolute atomic E-state index is 0.153. The van der Waals surface area contributed by atoms with Crippen LogP contribution in [-0.4, -0.2) is 5.91 Å². The number of rotatable bonds is 2. The number of hydrogen-bond donors (Lipinski definition) is 3. The lowest BCUT2D eigenvalue weighted by Crippen LogP contribution is -2.26. The first-order valence-electron chi connectivity index (χ1n) is 3.98. The lowest BCUT2D eigenvalue weighted by Gasteiger charge is -2.09. The minimum Gasteiger partial charge on any atom is -0.397 e. The molecule has 70 valence electrons. The van der Waals surface area contributed by atoms with Crippen LogP contribution in [0.5, 0.6) is 0 Å². The molecule has 0 heterocycles. The van der Waals surface area contributed by atoms with Crippen molar-refractivity contribution in [2.24, 2.45) is 0 Å². The van der Waals surface area contributed by atoms with E-state index in [0.717, 1.165) is 5.56 Å². The quantitative estimate of drug-likeness (QED) is 0.469. The molecule has 0 fully saturated rings. The zero-order valence-electron chi connectivity index (χ0n) is 7.72. The molecule has 4 nitrogen and oxygen atoms in total. The Kier molecular flexibility index (Phi) is 2.74. The van der Waals surface area contributed by atoms with E-state index in [0.29, 0.717) is 11.4 Å². The maximum atomic E-state index is 10.6. The molecule has 0 saturated carbocycles. The number of nitrogens with two attached hydrogens (primary N) is 1. The molecule has 0 radical (unpaired) electrons. The lowest BCUT2D eigenvalue weighted by molar-refractivity contribution is -0.118. The Labute approximate surface area is 77.1 Å². The van der Waals surface area contributed by atoms with Gasteiger partial charge >= 0.3 is 0 Å². The van der Waals surface area contributed by atoms with Crippen LogP contribution < -0.4 is 16.6 Å². The zero-order valence-corrected chi connectivity index (χ0v) is 7.72. The van der Waals surface area contributed by atoms with Crippen molar-refractivity contribution in [2.75, 3.05) is 11.2 Å². The van der Waals surface area contributed by atoms with Crippen LogP contribution in [0.3, 0.4) is 0 Å². The summed E-state index contributed by atoms with van der Waals surface area (Å²) >= 11 is 0. The summed E-state index contributed by atoms with van der Waals surface area (Å²) in [5.41, 5.74) is 13.3. The molecular formula is C9H13N3O. The van der Waals surface area contributed by atoms with E-state index in [2.05, 4.69) is 10.9 Å². The number of nitrogens with one attached hydrogen (secondary N) is 2. The Morgan fingerprint density at radius 1 is 1.46 bits per heavy atom. The fraction of sp³-hybridized carbons (Fsp3) is 0.222. The van der Waals surface area contributed by atoms with E-state index in [1.165, 1.54) is 6.92 Å². The van der Waals surface area contributed by atoms with Crippen molar-refractivity contribution in [3.05, 3.63) is 23.8 Å². The second-order valence-corrected chi connectivity index (χ2v) is 2.90. The molecule has 0 aromatic heterocycles. The number of nitrogen functional groups attached to an aromatic ring is 1. The van der Waals surface area contributed by atoms with Crippen molar-refractivity contribution in [3.63, 3.8) is 0 Å². The third kappa shape index (κ3) is 2.66. The first-order valence-corrected chi connectivity index (χ1v) is 3.98. The molecule has 0 saturated heterocycles. The number of carbonyl (C=O) groups excluding carboxylic acids is 1. The zero-order chi connectivity index (χ0) is 9.84. The standard InChI is InChI=1S/C9H13N3O/c1-6-3-4-9(8(10)5-6)12-11-7(2)13/h3-5,12H,10H2,1-2H3,(H,11,13). The van der Waals surface area contributed by atoms with E-state index in [9.17, 15) is 4.79 Å². The number of hydrazine groups is 1. The van der Waals surface area contributed by atoms with Gasteiger partial charge in [0, 0.05) is 6.92 Å². The second-order valence-electron chi connectivity index (χ2n) is 2.90. The normalized spacial score (nSPS) is 9.38. The molecule has 0 aliphatic carbocycles. The summed E-state index contributed by atoms with van der Waals surface area (Å²) in [4.78, 5) is 10.6. The van der Waals surface area contributed by atoms with Crippen molar-refractivity contribution >= 4 is 17.3 Å². The lowest BCUT2D eigenvalue weighted by atomic mass is 10.2. The summed E-state index contributed by atoms with van der Waals surface area (Å²) < 4.78 is 0. The molecule has 1 amide bonds. The minimum atomic E-state index is -0.153. The van der Waals surface area contributed by atoms with Gasteiger partial charge in [0.05, 0.1) is 11.4 Å². The summed E-state index contributed by atoms with van der Waals surface area (Å²) in [6, 6.07) is 5.57. The first-order chi connectivity index (χ1) is 6.09. The highest BCUT2D eigenvalue weighted by molar-refractivity contribution is 5.76. The third-order valence-electron chi connectivity index (χ3n) is 1.58. The topological polar surface area (TPSA) is 67.2 Å². The molecule has 0 unspecified atom stereocenters. The summed E-state index contributed by atoms with van der Waals surface area (Å²) in [5.74, 6) is -0.153. The van der Waals surface area contributed by atoms with Gasteiger partial charge in [-0.1, -0.05) is 6.07 Å². The summed E-state index contributed by atoms with van der Waals surface area (Å²) in [7, 11) is 0. The van der Waals surface area contributed by atoms with Crippen molar-refractivity contribution < 1.29 is 4.79 Å². The number of aryl methyl sites for hydroxylation is 1.